The summed E-state index contributed by atoms with van der Waals surface area (Å²) >= 11 is 0. The lowest BCUT2D eigenvalue weighted by atomic mass is 9.75. The number of carbonyl (C=O) groups is 3. The van der Waals surface area contributed by atoms with E-state index < -0.39 is 17.5 Å². The number of hydrazone groups is 1. The van der Waals surface area contributed by atoms with E-state index in [-0.39, 0.29) is 28.5 Å². The minimum atomic E-state index is -1.35. The van der Waals surface area contributed by atoms with Crippen LogP contribution in [0, 0.1) is 0 Å². The lowest BCUT2D eigenvalue weighted by Crippen LogP contribution is -2.44. The first kappa shape index (κ1) is 37.3. The largest absolute Gasteiger partial charge is 0.496 e. The van der Waals surface area contributed by atoms with Crippen molar-refractivity contribution in [2.75, 3.05) is 27.9 Å². The lowest BCUT2D eigenvalue weighted by Gasteiger charge is -2.41. The number of fused-ring (bicyclic) bond motifs is 6. The minimum absolute atomic E-state index is 0.133. The number of esters is 2. The molecule has 0 fully saturated rings. The van der Waals surface area contributed by atoms with Crippen LogP contribution in [0.15, 0.2) is 132 Å². The predicted molar refractivity (Wildman–Crippen MR) is 213 cm³/mol. The van der Waals surface area contributed by atoms with Crippen LogP contribution in [0.25, 0.3) is 0 Å². The molecule has 0 N–H and O–H groups in total. The molecule has 6 aromatic rings. The maximum atomic E-state index is 14.6. The van der Waals surface area contributed by atoms with Gasteiger partial charge in [-0.25, -0.2) is 14.6 Å². The molecule has 1 unspecified atom stereocenters. The molecule has 1 atom stereocenters. The molecule has 2 aliphatic rings. The Labute approximate surface area is 333 Å². The van der Waals surface area contributed by atoms with E-state index in [1.54, 1.807) is 103 Å². The fourth-order valence-corrected chi connectivity index (χ4v) is 7.30. The summed E-state index contributed by atoms with van der Waals surface area (Å²) in [6.07, 6.45) is 1.51. The van der Waals surface area contributed by atoms with Crippen LogP contribution in [-0.4, -0.2) is 57.0 Å². The predicted octanol–water partition coefficient (Wildman–Crippen LogP) is 8.44. The summed E-state index contributed by atoms with van der Waals surface area (Å²) in [6, 6.07) is 36.2. The maximum Gasteiger partial charge on any atom is 0.347 e. The molecule has 58 heavy (non-hydrogen) atoms. The van der Waals surface area contributed by atoms with E-state index in [0.29, 0.717) is 68.9 Å². The number of ether oxygens (including phenoxy) is 7. The van der Waals surface area contributed by atoms with Gasteiger partial charge in [-0.05, 0) is 85.3 Å². The molecular formula is C46H36N2O10. The highest BCUT2D eigenvalue weighted by molar-refractivity contribution is 6.03. The summed E-state index contributed by atoms with van der Waals surface area (Å²) in [4.78, 5) is 41.3. The average molecular weight is 777 g/mol. The Bertz CT molecular complexity index is 2620. The number of benzene rings is 6. The molecule has 6 aromatic carbocycles. The normalized spacial score (nSPS) is 14.9. The van der Waals surface area contributed by atoms with Gasteiger partial charge in [-0.15, -0.1) is 0 Å². The van der Waals surface area contributed by atoms with Gasteiger partial charge in [-0.1, -0.05) is 42.5 Å². The van der Waals surface area contributed by atoms with Crippen molar-refractivity contribution in [3.05, 3.63) is 166 Å². The second-order valence-corrected chi connectivity index (χ2v) is 13.1. The van der Waals surface area contributed by atoms with Crippen molar-refractivity contribution >= 4 is 24.1 Å². The molecule has 0 saturated carbocycles. The molecule has 0 saturated heterocycles. The number of amides is 1. The molecule has 12 heteroatoms. The van der Waals surface area contributed by atoms with Crippen molar-refractivity contribution in [2.24, 2.45) is 5.10 Å². The molecule has 2 aliphatic heterocycles. The van der Waals surface area contributed by atoms with Crippen molar-refractivity contribution in [1.82, 2.24) is 5.01 Å². The zero-order valence-electron chi connectivity index (χ0n) is 31.9. The monoisotopic (exact) mass is 776 g/mol. The third-order valence-electron chi connectivity index (χ3n) is 9.85. The SMILES string of the molecule is CCOc1ccc2c(c1)Oc1cc(OC(=O)c3ccccc3OC)ccc1C21c2ccccc2C(=O)N1/N=C/c1ccc(OC)c(OC(=O)c2ccccc2OC)c1. The molecule has 0 bridgehead atoms. The van der Waals surface area contributed by atoms with Crippen molar-refractivity contribution < 1.29 is 47.5 Å². The van der Waals surface area contributed by atoms with Gasteiger partial charge >= 0.3 is 11.9 Å². The molecule has 1 amide bonds. The highest BCUT2D eigenvalue weighted by Gasteiger charge is 2.57. The van der Waals surface area contributed by atoms with Crippen LogP contribution in [0.3, 0.4) is 0 Å². The Balaban J connectivity index is 1.23. The van der Waals surface area contributed by atoms with E-state index in [9.17, 15) is 14.4 Å². The molecule has 1 spiro atoms. The molecule has 2 heterocycles. The van der Waals surface area contributed by atoms with Gasteiger partial charge in [0.15, 0.2) is 11.5 Å². The van der Waals surface area contributed by atoms with Gasteiger partial charge in [0.25, 0.3) is 5.91 Å². The Hall–Kier alpha value is -7.60. The van der Waals surface area contributed by atoms with Gasteiger partial charge in [0.05, 0.1) is 34.2 Å². The average Bonchev–Trinajstić information content (AvgIpc) is 3.49. The molecule has 0 aromatic heterocycles. The second-order valence-electron chi connectivity index (χ2n) is 13.1. The molecule has 290 valence electrons. The molecule has 8 rings (SSSR count). The summed E-state index contributed by atoms with van der Waals surface area (Å²) in [7, 11) is 4.42. The third kappa shape index (κ3) is 6.40. The number of hydrogen-bond donors (Lipinski definition) is 0. The van der Waals surface area contributed by atoms with Gasteiger partial charge in [0.1, 0.15) is 51.2 Å². The van der Waals surface area contributed by atoms with Crippen LogP contribution in [-0.2, 0) is 5.54 Å². The quantitative estimate of drug-likeness (QED) is 0.0718. The van der Waals surface area contributed by atoms with Crippen LogP contribution >= 0.6 is 0 Å². The number of carbonyl (C=O) groups excluding carboxylic acids is 3. The van der Waals surface area contributed by atoms with E-state index in [1.807, 2.05) is 31.2 Å². The third-order valence-corrected chi connectivity index (χ3v) is 9.85. The summed E-state index contributed by atoms with van der Waals surface area (Å²) in [5, 5.41) is 6.31. The van der Waals surface area contributed by atoms with Crippen LogP contribution in [0.2, 0.25) is 0 Å². The number of rotatable bonds is 11. The number of para-hydroxylation sites is 2. The van der Waals surface area contributed by atoms with Gasteiger partial charge in [-0.3, -0.25) is 4.79 Å². The smallest absolute Gasteiger partial charge is 0.347 e. The summed E-state index contributed by atoms with van der Waals surface area (Å²) in [5.41, 5.74) is 1.91. The van der Waals surface area contributed by atoms with Crippen LogP contribution in [0.4, 0.5) is 0 Å². The first-order valence-corrected chi connectivity index (χ1v) is 18.3. The van der Waals surface area contributed by atoms with Crippen molar-refractivity contribution in [2.45, 2.75) is 12.5 Å². The van der Waals surface area contributed by atoms with Crippen LogP contribution < -0.4 is 33.2 Å². The Morgan fingerprint density at radius 3 is 1.88 bits per heavy atom. The van der Waals surface area contributed by atoms with E-state index >= 15 is 0 Å². The zero-order chi connectivity index (χ0) is 40.4. The highest BCUT2D eigenvalue weighted by Crippen LogP contribution is 2.58. The number of hydrogen-bond acceptors (Lipinski definition) is 11. The van der Waals surface area contributed by atoms with Crippen molar-refractivity contribution in [1.29, 1.82) is 0 Å². The first-order valence-electron chi connectivity index (χ1n) is 18.3. The summed E-state index contributed by atoms with van der Waals surface area (Å²) in [5.74, 6) is 1.01. The summed E-state index contributed by atoms with van der Waals surface area (Å²) in [6.45, 7) is 2.30. The molecular weight excluding hydrogens is 741 g/mol. The maximum absolute atomic E-state index is 14.6. The van der Waals surface area contributed by atoms with Crippen molar-refractivity contribution in [3.8, 4) is 46.0 Å². The fraction of sp³-hybridized carbons (Fsp3) is 0.130. The van der Waals surface area contributed by atoms with Crippen molar-refractivity contribution in [3.63, 3.8) is 0 Å². The first-order chi connectivity index (χ1) is 28.3. The topological polar surface area (TPSA) is 131 Å². The van der Waals surface area contributed by atoms with Gasteiger partial charge < -0.3 is 33.2 Å². The Morgan fingerprint density at radius 2 is 1.22 bits per heavy atom. The van der Waals surface area contributed by atoms with Crippen LogP contribution in [0.1, 0.15) is 60.3 Å². The highest BCUT2D eigenvalue weighted by atomic mass is 16.6. The lowest BCUT2D eigenvalue weighted by molar-refractivity contribution is 0.0674. The number of methoxy groups -OCH3 is 3. The van der Waals surface area contributed by atoms with Gasteiger partial charge in [-0.2, -0.15) is 5.10 Å². The summed E-state index contributed by atoms with van der Waals surface area (Å²) < 4.78 is 40.3. The van der Waals surface area contributed by atoms with Gasteiger partial charge in [0, 0.05) is 34.4 Å². The second kappa shape index (κ2) is 15.5. The van der Waals surface area contributed by atoms with E-state index in [2.05, 4.69) is 0 Å². The Kier molecular flexibility index (Phi) is 9.98. The number of nitrogens with zero attached hydrogens (tertiary/aromatic N) is 2. The Morgan fingerprint density at radius 1 is 0.638 bits per heavy atom. The van der Waals surface area contributed by atoms with E-state index in [1.165, 1.54) is 32.6 Å². The molecule has 0 radical (unpaired) electrons. The van der Waals surface area contributed by atoms with Gasteiger partial charge in [0.2, 0.25) is 0 Å². The zero-order valence-corrected chi connectivity index (χ0v) is 31.9. The van der Waals surface area contributed by atoms with Crippen LogP contribution in [0.5, 0.6) is 46.0 Å². The molecule has 12 nitrogen and oxygen atoms in total. The fourth-order valence-electron chi connectivity index (χ4n) is 7.30. The molecule has 0 aliphatic carbocycles. The standard InChI is InChI=1S/C46H36N2O10/c1-5-55-29-19-21-35-40(25-29)57-41-26-30(56-44(50)32-13-7-10-16-37(32)52-2)20-22-36(41)46(35)34-15-9-6-12-31(34)43(49)48(46)47-27-28-18-23-39(54-4)42(24-28)58-45(51)33-14-8-11-17-38(33)53-3/h6-27H,5H2,1-4H3/b47-27+. The van der Waals surface area contributed by atoms with E-state index in [0.717, 1.165) is 0 Å². The minimum Gasteiger partial charge on any atom is -0.496 e. The van der Waals surface area contributed by atoms with E-state index in [4.69, 9.17) is 38.3 Å².